The SMILES string of the molecule is Cc1cnc([C@H]2O[C@@H](n3cnc4c(NCC(c5ccccc5)c5ccccc5)nc(N[C@@H]5CCNC5)nc43)[C@H](O)[C@@H]2O)o1. The largest absolute Gasteiger partial charge is 0.443 e. The Balaban J connectivity index is 1.24. The van der Waals surface area contributed by atoms with Gasteiger partial charge in [-0.2, -0.15) is 9.97 Å². The number of oxazole rings is 1. The molecule has 3 aromatic heterocycles. The summed E-state index contributed by atoms with van der Waals surface area (Å²) in [6.45, 7) is 4.04. The van der Waals surface area contributed by atoms with E-state index in [1.807, 2.05) is 36.4 Å². The molecule has 0 amide bonds. The molecule has 5 aromatic rings. The number of ether oxygens (including phenoxy) is 1. The van der Waals surface area contributed by atoms with Crippen molar-refractivity contribution in [2.24, 2.45) is 0 Å². The Bertz CT molecular complexity index is 1630. The highest BCUT2D eigenvalue weighted by molar-refractivity contribution is 5.84. The van der Waals surface area contributed by atoms with E-state index in [4.69, 9.17) is 19.1 Å². The lowest BCUT2D eigenvalue weighted by Crippen LogP contribution is -2.29. The van der Waals surface area contributed by atoms with Gasteiger partial charge in [0.15, 0.2) is 29.3 Å². The molecule has 0 aliphatic carbocycles. The quantitative estimate of drug-likeness (QED) is 0.174. The summed E-state index contributed by atoms with van der Waals surface area (Å²) in [6.07, 6.45) is -0.372. The topological polar surface area (TPSA) is 155 Å². The number of imidazole rings is 1. The molecule has 5 N–H and O–H groups in total. The number of anilines is 2. The van der Waals surface area contributed by atoms with E-state index in [0.29, 0.717) is 35.2 Å². The minimum atomic E-state index is -1.27. The van der Waals surface area contributed by atoms with E-state index < -0.39 is 24.5 Å². The van der Waals surface area contributed by atoms with Crippen LogP contribution in [0.15, 0.2) is 77.6 Å². The van der Waals surface area contributed by atoms with E-state index in [1.165, 1.54) is 11.1 Å². The number of hydrogen-bond acceptors (Lipinski definition) is 11. The highest BCUT2D eigenvalue weighted by Crippen LogP contribution is 2.40. The third kappa shape index (κ3) is 5.45. The van der Waals surface area contributed by atoms with Gasteiger partial charge in [-0.3, -0.25) is 4.57 Å². The number of benzene rings is 2. The number of nitrogens with zero attached hydrogens (tertiary/aromatic N) is 5. The van der Waals surface area contributed by atoms with Crippen LogP contribution in [-0.2, 0) is 4.74 Å². The molecule has 0 unspecified atom stereocenters. The van der Waals surface area contributed by atoms with Crippen molar-refractivity contribution in [2.75, 3.05) is 30.3 Å². The predicted molar refractivity (Wildman–Crippen MR) is 160 cm³/mol. The van der Waals surface area contributed by atoms with Gasteiger partial charge in [-0.05, 0) is 31.0 Å². The number of aryl methyl sites for hydroxylation is 1. The van der Waals surface area contributed by atoms with E-state index in [-0.39, 0.29) is 17.9 Å². The predicted octanol–water partition coefficient (Wildman–Crippen LogP) is 3.13. The van der Waals surface area contributed by atoms with Crippen LogP contribution in [0.3, 0.4) is 0 Å². The average Bonchev–Trinajstić information content (AvgIpc) is 3.84. The van der Waals surface area contributed by atoms with Crippen molar-refractivity contribution in [1.82, 2.24) is 29.8 Å². The van der Waals surface area contributed by atoms with Gasteiger partial charge in [-0.25, -0.2) is 9.97 Å². The lowest BCUT2D eigenvalue weighted by molar-refractivity contribution is -0.0438. The monoisotopic (exact) mass is 582 g/mol. The van der Waals surface area contributed by atoms with Gasteiger partial charge in [0, 0.05) is 25.0 Å². The summed E-state index contributed by atoms with van der Waals surface area (Å²) in [5.41, 5.74) is 3.34. The van der Waals surface area contributed by atoms with Crippen LogP contribution in [0.2, 0.25) is 0 Å². The number of aliphatic hydroxyl groups is 2. The second-order valence-corrected chi connectivity index (χ2v) is 11.0. The first-order valence-electron chi connectivity index (χ1n) is 14.5. The maximum atomic E-state index is 11.0. The summed E-state index contributed by atoms with van der Waals surface area (Å²) in [5.74, 6) is 1.85. The normalized spacial score (nSPS) is 23.8. The lowest BCUT2D eigenvalue weighted by atomic mass is 9.91. The van der Waals surface area contributed by atoms with Gasteiger partial charge in [0.2, 0.25) is 11.8 Å². The van der Waals surface area contributed by atoms with Crippen molar-refractivity contribution in [2.45, 2.75) is 49.8 Å². The van der Waals surface area contributed by atoms with Crippen molar-refractivity contribution in [3.05, 3.63) is 96.0 Å². The van der Waals surface area contributed by atoms with Crippen molar-refractivity contribution in [3.63, 3.8) is 0 Å². The number of nitrogens with one attached hydrogen (secondary N) is 3. The van der Waals surface area contributed by atoms with Gasteiger partial charge in [-0.1, -0.05) is 60.7 Å². The Morgan fingerprint density at radius 1 is 1.00 bits per heavy atom. The Kier molecular flexibility index (Phi) is 7.49. The molecular weight excluding hydrogens is 548 g/mol. The molecule has 7 rings (SSSR count). The van der Waals surface area contributed by atoms with Gasteiger partial charge in [0.05, 0.1) is 12.5 Å². The van der Waals surface area contributed by atoms with Gasteiger partial charge in [-0.15, -0.1) is 0 Å². The molecule has 0 bridgehead atoms. The highest BCUT2D eigenvalue weighted by atomic mass is 16.6. The molecule has 5 atom stereocenters. The van der Waals surface area contributed by atoms with Crippen molar-refractivity contribution >= 4 is 22.9 Å². The van der Waals surface area contributed by atoms with Crippen LogP contribution in [0.4, 0.5) is 11.8 Å². The number of aromatic nitrogens is 5. The Labute approximate surface area is 248 Å². The highest BCUT2D eigenvalue weighted by Gasteiger charge is 2.47. The third-order valence-electron chi connectivity index (χ3n) is 8.09. The van der Waals surface area contributed by atoms with Crippen molar-refractivity contribution < 1.29 is 19.4 Å². The van der Waals surface area contributed by atoms with Crippen LogP contribution in [0.1, 0.15) is 47.4 Å². The Morgan fingerprint density at radius 3 is 2.40 bits per heavy atom. The first-order valence-corrected chi connectivity index (χ1v) is 14.5. The molecule has 2 aliphatic rings. The number of rotatable bonds is 9. The second kappa shape index (κ2) is 11.7. The van der Waals surface area contributed by atoms with E-state index in [0.717, 1.165) is 19.5 Å². The fraction of sp³-hybridized carbons (Fsp3) is 0.355. The van der Waals surface area contributed by atoms with Crippen LogP contribution >= 0.6 is 0 Å². The molecule has 12 nitrogen and oxygen atoms in total. The van der Waals surface area contributed by atoms with Gasteiger partial charge >= 0.3 is 0 Å². The molecule has 5 heterocycles. The fourth-order valence-electron chi connectivity index (χ4n) is 5.85. The van der Waals surface area contributed by atoms with Gasteiger partial charge < -0.3 is 35.3 Å². The summed E-state index contributed by atoms with van der Waals surface area (Å²) in [7, 11) is 0. The summed E-state index contributed by atoms with van der Waals surface area (Å²) in [4.78, 5) is 18.5. The zero-order chi connectivity index (χ0) is 29.3. The van der Waals surface area contributed by atoms with Crippen LogP contribution in [0.5, 0.6) is 0 Å². The van der Waals surface area contributed by atoms with Gasteiger partial charge in [0.1, 0.15) is 18.0 Å². The third-order valence-corrected chi connectivity index (χ3v) is 8.09. The zero-order valence-electron chi connectivity index (χ0n) is 23.7. The first kappa shape index (κ1) is 27.5. The molecule has 0 radical (unpaired) electrons. The lowest BCUT2D eigenvalue weighted by Gasteiger charge is -2.20. The first-order chi connectivity index (χ1) is 21.0. The van der Waals surface area contributed by atoms with E-state index in [9.17, 15) is 10.2 Å². The molecule has 222 valence electrons. The number of fused-ring (bicyclic) bond motifs is 1. The molecular formula is C31H34N8O4. The average molecular weight is 583 g/mol. The summed E-state index contributed by atoms with van der Waals surface area (Å²) < 4.78 is 13.4. The molecule has 2 aromatic carbocycles. The molecule has 0 saturated carbocycles. The summed E-state index contributed by atoms with van der Waals surface area (Å²) >= 11 is 0. The van der Waals surface area contributed by atoms with Crippen molar-refractivity contribution in [3.8, 4) is 0 Å². The fourth-order valence-corrected chi connectivity index (χ4v) is 5.85. The van der Waals surface area contributed by atoms with E-state index in [2.05, 4.69) is 50.2 Å². The van der Waals surface area contributed by atoms with E-state index in [1.54, 1.807) is 24.0 Å². The molecule has 2 fully saturated rings. The molecule has 2 saturated heterocycles. The maximum absolute atomic E-state index is 11.0. The van der Waals surface area contributed by atoms with Crippen LogP contribution in [0, 0.1) is 6.92 Å². The Morgan fingerprint density at radius 2 is 1.74 bits per heavy atom. The summed E-state index contributed by atoms with van der Waals surface area (Å²) in [6, 6.07) is 20.9. The van der Waals surface area contributed by atoms with Crippen LogP contribution < -0.4 is 16.0 Å². The number of aliphatic hydroxyl groups excluding tert-OH is 2. The molecule has 0 spiro atoms. The minimum absolute atomic E-state index is 0.0603. The van der Waals surface area contributed by atoms with Gasteiger partial charge in [0.25, 0.3) is 0 Å². The molecule has 12 heteroatoms. The smallest absolute Gasteiger partial charge is 0.227 e. The zero-order valence-corrected chi connectivity index (χ0v) is 23.7. The number of hydrogen-bond donors (Lipinski definition) is 5. The second-order valence-electron chi connectivity index (χ2n) is 11.0. The summed E-state index contributed by atoms with van der Waals surface area (Å²) in [5, 5.41) is 32.3. The van der Waals surface area contributed by atoms with E-state index >= 15 is 0 Å². The standard InChI is InChI=1S/C31H34N8O4/c1-18-14-34-29(42-18)26-24(40)25(41)30(43-26)39-17-35-23-27(37-31(38-28(23)39)36-21-12-13-32-15-21)33-16-22(19-8-4-2-5-9-19)20-10-6-3-7-11-20/h2-11,14,17,21-22,24-26,30,32,40-41H,12-13,15-16H2,1H3,(H2,33,36,37,38)/t21-,24+,25-,26+,30-/m1/s1. The molecule has 43 heavy (non-hydrogen) atoms. The van der Waals surface area contributed by atoms with Crippen molar-refractivity contribution in [1.29, 1.82) is 0 Å². The van der Waals surface area contributed by atoms with Crippen LogP contribution in [-0.4, -0.2) is 72.6 Å². The Hall–Kier alpha value is -4.36. The van der Waals surface area contributed by atoms with Crippen LogP contribution in [0.25, 0.3) is 11.2 Å². The molecule has 2 aliphatic heterocycles. The maximum Gasteiger partial charge on any atom is 0.227 e. The minimum Gasteiger partial charge on any atom is -0.443 e.